The maximum absolute atomic E-state index is 12.5. The third-order valence-corrected chi connectivity index (χ3v) is 4.32. The zero-order valence-corrected chi connectivity index (χ0v) is 15.2. The van der Waals surface area contributed by atoms with Gasteiger partial charge in [0.15, 0.2) is 0 Å². The van der Waals surface area contributed by atoms with Crippen molar-refractivity contribution in [3.8, 4) is 11.5 Å². The lowest BCUT2D eigenvalue weighted by Gasteiger charge is -2.33. The second-order valence-corrected chi connectivity index (χ2v) is 6.42. The number of phenols is 2. The van der Waals surface area contributed by atoms with E-state index in [0.717, 1.165) is 12.0 Å². The molecule has 0 amide bonds. The number of hydrogen-bond acceptors (Lipinski definition) is 5. The van der Waals surface area contributed by atoms with E-state index >= 15 is 0 Å². The number of methoxy groups -OCH3 is 1. The molecule has 1 aromatic carbocycles. The minimum atomic E-state index is -0.624. The number of phenolic OH excluding ortho intramolecular Hbond substituents is 2. The predicted octanol–water partition coefficient (Wildman–Crippen LogP) is 4.19. The Bertz CT molecular complexity index is 699. The summed E-state index contributed by atoms with van der Waals surface area (Å²) in [6.45, 7) is 5.81. The lowest BCUT2D eigenvalue weighted by Crippen LogP contribution is -2.33. The van der Waals surface area contributed by atoms with Gasteiger partial charge in [-0.15, -0.1) is 0 Å². The molecule has 2 N–H and O–H groups in total. The van der Waals surface area contributed by atoms with Crippen molar-refractivity contribution < 1.29 is 24.5 Å². The Hall–Kier alpha value is -2.27. The molecule has 1 aliphatic rings. The van der Waals surface area contributed by atoms with Crippen LogP contribution in [0.25, 0.3) is 0 Å². The highest BCUT2D eigenvalue weighted by Gasteiger charge is 2.40. The Morgan fingerprint density at radius 2 is 2.08 bits per heavy atom. The third kappa shape index (κ3) is 4.04. The van der Waals surface area contributed by atoms with Crippen molar-refractivity contribution >= 4 is 5.97 Å². The van der Waals surface area contributed by atoms with E-state index in [1.54, 1.807) is 0 Å². The van der Waals surface area contributed by atoms with Crippen LogP contribution in [0, 0.1) is 0 Å². The van der Waals surface area contributed by atoms with Gasteiger partial charge in [-0.1, -0.05) is 23.8 Å². The lowest BCUT2D eigenvalue weighted by molar-refractivity contribution is -0.0504. The van der Waals surface area contributed by atoms with E-state index in [0.29, 0.717) is 24.0 Å². The largest absolute Gasteiger partial charge is 0.508 e. The van der Waals surface area contributed by atoms with Crippen LogP contribution in [0.15, 0.2) is 29.9 Å². The van der Waals surface area contributed by atoms with Gasteiger partial charge in [0.2, 0.25) is 0 Å². The van der Waals surface area contributed by atoms with Crippen LogP contribution < -0.4 is 0 Å². The quantitative estimate of drug-likeness (QED) is 0.459. The first kappa shape index (κ1) is 19.1. The SMILES string of the molecule is C/C=C/CC[C@H]1OC(=O)c2c(O)c(CC=C(C)C)cc(O)c2[C@H]1OC. The van der Waals surface area contributed by atoms with E-state index in [2.05, 4.69) is 0 Å². The smallest absolute Gasteiger partial charge is 0.342 e. The summed E-state index contributed by atoms with van der Waals surface area (Å²) >= 11 is 0. The molecule has 0 unspecified atom stereocenters. The number of benzene rings is 1. The Morgan fingerprint density at radius 1 is 1.36 bits per heavy atom. The molecule has 0 saturated heterocycles. The number of allylic oxidation sites excluding steroid dienone is 4. The minimum Gasteiger partial charge on any atom is -0.508 e. The Balaban J connectivity index is 2.46. The van der Waals surface area contributed by atoms with Gasteiger partial charge in [0, 0.05) is 18.2 Å². The van der Waals surface area contributed by atoms with Gasteiger partial charge in [-0.3, -0.25) is 0 Å². The van der Waals surface area contributed by atoms with Crippen LogP contribution in [-0.2, 0) is 15.9 Å². The summed E-state index contributed by atoms with van der Waals surface area (Å²) in [6, 6.07) is 1.50. The van der Waals surface area contributed by atoms with Gasteiger partial charge in [-0.05, 0) is 46.1 Å². The van der Waals surface area contributed by atoms with Gasteiger partial charge in [0.05, 0.1) is 0 Å². The molecule has 136 valence electrons. The fourth-order valence-corrected chi connectivity index (χ4v) is 3.04. The number of fused-ring (bicyclic) bond motifs is 1. The number of hydrogen-bond donors (Lipinski definition) is 2. The van der Waals surface area contributed by atoms with Crippen molar-refractivity contribution in [3.05, 3.63) is 46.6 Å². The predicted molar refractivity (Wildman–Crippen MR) is 95.9 cm³/mol. The van der Waals surface area contributed by atoms with Gasteiger partial charge in [-0.2, -0.15) is 0 Å². The van der Waals surface area contributed by atoms with Crippen molar-refractivity contribution in [2.75, 3.05) is 7.11 Å². The number of carbonyl (C=O) groups is 1. The van der Waals surface area contributed by atoms with Crippen molar-refractivity contribution in [3.63, 3.8) is 0 Å². The maximum Gasteiger partial charge on any atom is 0.342 e. The van der Waals surface area contributed by atoms with Crippen LogP contribution in [0.5, 0.6) is 11.5 Å². The van der Waals surface area contributed by atoms with Gasteiger partial charge >= 0.3 is 5.97 Å². The van der Waals surface area contributed by atoms with Gasteiger partial charge in [0.25, 0.3) is 0 Å². The van der Waals surface area contributed by atoms with E-state index in [1.165, 1.54) is 13.2 Å². The lowest BCUT2D eigenvalue weighted by atomic mass is 9.89. The van der Waals surface area contributed by atoms with Crippen molar-refractivity contribution in [1.29, 1.82) is 0 Å². The van der Waals surface area contributed by atoms with Crippen LogP contribution in [0.2, 0.25) is 0 Å². The van der Waals surface area contributed by atoms with E-state index in [-0.39, 0.29) is 17.1 Å². The molecule has 0 spiro atoms. The molecule has 1 aromatic rings. The van der Waals surface area contributed by atoms with E-state index in [1.807, 2.05) is 39.0 Å². The monoisotopic (exact) mass is 346 g/mol. The van der Waals surface area contributed by atoms with E-state index in [4.69, 9.17) is 9.47 Å². The van der Waals surface area contributed by atoms with Crippen LogP contribution in [0.1, 0.15) is 61.2 Å². The Kier molecular flexibility index (Phi) is 6.26. The molecule has 1 heterocycles. The highest BCUT2D eigenvalue weighted by Crippen LogP contribution is 2.44. The molecular formula is C20H26O5. The normalized spacial score (nSPS) is 19.6. The molecule has 2 atom stereocenters. The molecule has 0 aliphatic carbocycles. The van der Waals surface area contributed by atoms with Crippen molar-refractivity contribution in [2.24, 2.45) is 0 Å². The first-order valence-electron chi connectivity index (χ1n) is 8.46. The van der Waals surface area contributed by atoms with E-state index in [9.17, 15) is 15.0 Å². The maximum atomic E-state index is 12.5. The highest BCUT2D eigenvalue weighted by atomic mass is 16.6. The van der Waals surface area contributed by atoms with Crippen molar-refractivity contribution in [2.45, 2.75) is 52.2 Å². The van der Waals surface area contributed by atoms with E-state index < -0.39 is 18.2 Å². The topological polar surface area (TPSA) is 76.0 Å². The van der Waals surface area contributed by atoms with Crippen LogP contribution in [0.4, 0.5) is 0 Å². The average molecular weight is 346 g/mol. The summed E-state index contributed by atoms with van der Waals surface area (Å²) < 4.78 is 11.0. The second-order valence-electron chi connectivity index (χ2n) is 6.42. The minimum absolute atomic E-state index is 0.00582. The molecule has 0 fully saturated rings. The van der Waals surface area contributed by atoms with Gasteiger partial charge in [0.1, 0.15) is 29.3 Å². The van der Waals surface area contributed by atoms with Crippen LogP contribution in [0.3, 0.4) is 0 Å². The van der Waals surface area contributed by atoms with Crippen LogP contribution in [-0.4, -0.2) is 29.4 Å². The van der Waals surface area contributed by atoms with Crippen molar-refractivity contribution in [1.82, 2.24) is 0 Å². The number of esters is 1. The average Bonchev–Trinajstić information content (AvgIpc) is 2.56. The molecule has 0 saturated carbocycles. The molecular weight excluding hydrogens is 320 g/mol. The number of cyclic esters (lactones) is 1. The zero-order chi connectivity index (χ0) is 18.6. The molecule has 1 aliphatic heterocycles. The fourth-order valence-electron chi connectivity index (χ4n) is 3.04. The molecule has 0 aromatic heterocycles. The molecule has 5 heteroatoms. The fraction of sp³-hybridized carbons (Fsp3) is 0.450. The highest BCUT2D eigenvalue weighted by molar-refractivity contribution is 5.97. The molecule has 5 nitrogen and oxygen atoms in total. The second kappa shape index (κ2) is 8.21. The van der Waals surface area contributed by atoms with Gasteiger partial charge in [-0.25, -0.2) is 4.79 Å². The Labute approximate surface area is 148 Å². The molecule has 2 rings (SSSR count). The molecule has 25 heavy (non-hydrogen) atoms. The number of rotatable bonds is 6. The summed E-state index contributed by atoms with van der Waals surface area (Å²) in [5.41, 5.74) is 1.88. The Morgan fingerprint density at radius 3 is 2.68 bits per heavy atom. The first-order chi connectivity index (χ1) is 11.9. The summed E-state index contributed by atoms with van der Waals surface area (Å²) in [4.78, 5) is 12.5. The van der Waals surface area contributed by atoms with Gasteiger partial charge < -0.3 is 19.7 Å². The number of carbonyl (C=O) groups excluding carboxylic acids is 1. The first-order valence-corrected chi connectivity index (χ1v) is 8.46. The summed E-state index contributed by atoms with van der Waals surface area (Å²) in [5.74, 6) is -0.825. The summed E-state index contributed by atoms with van der Waals surface area (Å²) in [5, 5.41) is 21.1. The van der Waals surface area contributed by atoms with Crippen LogP contribution >= 0.6 is 0 Å². The molecule has 0 radical (unpaired) electrons. The molecule has 0 bridgehead atoms. The summed E-state index contributed by atoms with van der Waals surface area (Å²) in [6.07, 6.45) is 6.45. The zero-order valence-electron chi connectivity index (χ0n) is 15.2. The standard InChI is InChI=1S/C20H26O5/c1-5-6-7-8-15-19(24-4)16-14(21)11-13(10-9-12(2)3)18(22)17(16)20(23)25-15/h5-6,9,11,15,19,21-22H,7-8,10H2,1-4H3/b6-5+/t15-,19+/m1/s1. The number of ether oxygens (including phenoxy) is 2. The third-order valence-electron chi connectivity index (χ3n) is 4.32. The summed E-state index contributed by atoms with van der Waals surface area (Å²) in [7, 11) is 1.50. The number of aromatic hydroxyl groups is 2.